The van der Waals surface area contributed by atoms with Gasteiger partial charge in [-0.25, -0.2) is 0 Å². The maximum Gasteiger partial charge on any atom is 0.231 e. The summed E-state index contributed by atoms with van der Waals surface area (Å²) >= 11 is 0. The van der Waals surface area contributed by atoms with E-state index in [1.807, 2.05) is 26.0 Å². The number of fused-ring (bicyclic) bond motifs is 1. The van der Waals surface area contributed by atoms with Gasteiger partial charge in [-0.15, -0.1) is 0 Å². The number of ether oxygens (including phenoxy) is 2. The standard InChI is InChI=1S/C11H14O3/c1-7-3-10-11(14-6-13-10)4-9(7)8(2)5-12/h3-4,8,12H,5-6H2,1-2H3. The summed E-state index contributed by atoms with van der Waals surface area (Å²) in [5, 5.41) is 9.09. The van der Waals surface area contributed by atoms with E-state index >= 15 is 0 Å². The summed E-state index contributed by atoms with van der Waals surface area (Å²) in [6.07, 6.45) is 0. The van der Waals surface area contributed by atoms with Crippen LogP contribution in [0.2, 0.25) is 0 Å². The third-order valence-electron chi connectivity index (χ3n) is 2.57. The van der Waals surface area contributed by atoms with Crippen LogP contribution < -0.4 is 9.47 Å². The zero-order valence-corrected chi connectivity index (χ0v) is 8.41. The van der Waals surface area contributed by atoms with Gasteiger partial charge in [0.15, 0.2) is 11.5 Å². The van der Waals surface area contributed by atoms with Gasteiger partial charge in [0.1, 0.15) is 0 Å². The van der Waals surface area contributed by atoms with Crippen molar-refractivity contribution >= 4 is 0 Å². The third-order valence-corrected chi connectivity index (χ3v) is 2.57. The highest BCUT2D eigenvalue weighted by Crippen LogP contribution is 2.36. The Balaban J connectivity index is 2.42. The van der Waals surface area contributed by atoms with E-state index in [1.165, 1.54) is 0 Å². The lowest BCUT2D eigenvalue weighted by atomic mass is 9.96. The van der Waals surface area contributed by atoms with Crippen LogP contribution in [-0.4, -0.2) is 18.5 Å². The summed E-state index contributed by atoms with van der Waals surface area (Å²) in [7, 11) is 0. The fraction of sp³-hybridized carbons (Fsp3) is 0.455. The Labute approximate surface area is 83.3 Å². The molecule has 0 bridgehead atoms. The summed E-state index contributed by atoms with van der Waals surface area (Å²) in [4.78, 5) is 0. The molecule has 0 saturated heterocycles. The molecule has 0 aliphatic carbocycles. The van der Waals surface area contributed by atoms with Crippen LogP contribution in [0.25, 0.3) is 0 Å². The molecule has 1 heterocycles. The quantitative estimate of drug-likeness (QED) is 0.780. The molecule has 1 N–H and O–H groups in total. The molecule has 3 heteroatoms. The van der Waals surface area contributed by atoms with Crippen molar-refractivity contribution in [3.8, 4) is 11.5 Å². The molecule has 1 aromatic rings. The van der Waals surface area contributed by atoms with Gasteiger partial charge in [-0.3, -0.25) is 0 Å². The van der Waals surface area contributed by atoms with Gasteiger partial charge >= 0.3 is 0 Å². The third kappa shape index (κ3) is 1.44. The average molecular weight is 194 g/mol. The fourth-order valence-corrected chi connectivity index (χ4v) is 1.69. The molecule has 1 aliphatic rings. The summed E-state index contributed by atoms with van der Waals surface area (Å²) in [5.74, 6) is 1.73. The first-order valence-electron chi connectivity index (χ1n) is 4.73. The Bertz CT molecular complexity index is 347. The molecule has 0 radical (unpaired) electrons. The Morgan fingerprint density at radius 1 is 1.36 bits per heavy atom. The van der Waals surface area contributed by atoms with E-state index in [9.17, 15) is 0 Å². The van der Waals surface area contributed by atoms with Crippen molar-refractivity contribution in [2.45, 2.75) is 19.8 Å². The maximum absolute atomic E-state index is 9.09. The van der Waals surface area contributed by atoms with Crippen LogP contribution in [0.5, 0.6) is 11.5 Å². The van der Waals surface area contributed by atoms with Gasteiger partial charge in [0, 0.05) is 12.5 Å². The molecule has 2 rings (SSSR count). The zero-order valence-electron chi connectivity index (χ0n) is 8.41. The van der Waals surface area contributed by atoms with E-state index in [0.29, 0.717) is 6.79 Å². The number of hydrogen-bond donors (Lipinski definition) is 1. The Kier molecular flexibility index (Phi) is 2.33. The molecule has 76 valence electrons. The van der Waals surface area contributed by atoms with Crippen molar-refractivity contribution in [3.05, 3.63) is 23.3 Å². The molecule has 0 saturated carbocycles. The number of hydrogen-bond acceptors (Lipinski definition) is 3. The van der Waals surface area contributed by atoms with Gasteiger partial charge in [-0.2, -0.15) is 0 Å². The second kappa shape index (κ2) is 3.50. The number of aryl methyl sites for hydroxylation is 1. The zero-order chi connectivity index (χ0) is 10.1. The van der Waals surface area contributed by atoms with Crippen LogP contribution in [-0.2, 0) is 0 Å². The van der Waals surface area contributed by atoms with Crippen LogP contribution in [0.4, 0.5) is 0 Å². The number of aliphatic hydroxyl groups excluding tert-OH is 1. The molecule has 1 aliphatic heterocycles. The molecule has 3 nitrogen and oxygen atoms in total. The highest BCUT2D eigenvalue weighted by molar-refractivity contribution is 5.49. The minimum atomic E-state index is 0.143. The lowest BCUT2D eigenvalue weighted by Crippen LogP contribution is -2.01. The molecule has 0 spiro atoms. The highest BCUT2D eigenvalue weighted by atomic mass is 16.7. The first kappa shape index (κ1) is 9.34. The van der Waals surface area contributed by atoms with E-state index in [-0.39, 0.29) is 12.5 Å². The minimum absolute atomic E-state index is 0.143. The smallest absolute Gasteiger partial charge is 0.231 e. The van der Waals surface area contributed by atoms with Crippen molar-refractivity contribution in [1.29, 1.82) is 0 Å². The topological polar surface area (TPSA) is 38.7 Å². The van der Waals surface area contributed by atoms with Gasteiger partial charge in [-0.1, -0.05) is 6.92 Å². The van der Waals surface area contributed by atoms with Crippen LogP contribution in [0.15, 0.2) is 12.1 Å². The lowest BCUT2D eigenvalue weighted by molar-refractivity contribution is 0.174. The number of benzene rings is 1. The molecule has 1 atom stereocenters. The van der Waals surface area contributed by atoms with E-state index in [1.54, 1.807) is 0 Å². The molecule has 1 unspecified atom stereocenters. The van der Waals surface area contributed by atoms with Crippen molar-refractivity contribution in [2.24, 2.45) is 0 Å². The van der Waals surface area contributed by atoms with Gasteiger partial charge in [0.05, 0.1) is 0 Å². The first-order chi connectivity index (χ1) is 6.72. The fourth-order valence-electron chi connectivity index (χ4n) is 1.69. The number of aliphatic hydroxyl groups is 1. The monoisotopic (exact) mass is 194 g/mol. The molecule has 0 amide bonds. The normalized spacial score (nSPS) is 15.6. The van der Waals surface area contributed by atoms with E-state index < -0.39 is 0 Å². The Morgan fingerprint density at radius 2 is 2.00 bits per heavy atom. The molecule has 1 aromatic carbocycles. The second-order valence-corrected chi connectivity index (χ2v) is 3.65. The lowest BCUT2D eigenvalue weighted by Gasteiger charge is -2.12. The van der Waals surface area contributed by atoms with Crippen LogP contribution in [0.3, 0.4) is 0 Å². The molecular formula is C11H14O3. The van der Waals surface area contributed by atoms with Gasteiger partial charge in [0.25, 0.3) is 0 Å². The van der Waals surface area contributed by atoms with Gasteiger partial charge < -0.3 is 14.6 Å². The summed E-state index contributed by atoms with van der Waals surface area (Å²) < 4.78 is 10.5. The predicted molar refractivity (Wildman–Crippen MR) is 52.8 cm³/mol. The van der Waals surface area contributed by atoms with Crippen LogP contribution >= 0.6 is 0 Å². The van der Waals surface area contributed by atoms with Gasteiger partial charge in [0.2, 0.25) is 6.79 Å². The minimum Gasteiger partial charge on any atom is -0.454 e. The Hall–Kier alpha value is -1.22. The van der Waals surface area contributed by atoms with Crippen molar-refractivity contribution in [1.82, 2.24) is 0 Å². The SMILES string of the molecule is Cc1cc2c(cc1C(C)CO)OCO2. The van der Waals surface area contributed by atoms with E-state index in [0.717, 1.165) is 22.6 Å². The van der Waals surface area contributed by atoms with Crippen LogP contribution in [0, 0.1) is 6.92 Å². The van der Waals surface area contributed by atoms with Crippen molar-refractivity contribution in [3.63, 3.8) is 0 Å². The summed E-state index contributed by atoms with van der Waals surface area (Å²) in [6, 6.07) is 3.92. The maximum atomic E-state index is 9.09. The van der Waals surface area contributed by atoms with Crippen molar-refractivity contribution < 1.29 is 14.6 Å². The van der Waals surface area contributed by atoms with E-state index in [2.05, 4.69) is 0 Å². The first-order valence-corrected chi connectivity index (χ1v) is 4.73. The number of rotatable bonds is 2. The van der Waals surface area contributed by atoms with Gasteiger partial charge in [-0.05, 0) is 30.2 Å². The highest BCUT2D eigenvalue weighted by Gasteiger charge is 2.17. The summed E-state index contributed by atoms with van der Waals surface area (Å²) in [5.41, 5.74) is 2.26. The largest absolute Gasteiger partial charge is 0.454 e. The van der Waals surface area contributed by atoms with Crippen molar-refractivity contribution in [2.75, 3.05) is 13.4 Å². The van der Waals surface area contributed by atoms with E-state index in [4.69, 9.17) is 14.6 Å². The average Bonchev–Trinajstić information content (AvgIpc) is 2.62. The van der Waals surface area contributed by atoms with Crippen LogP contribution in [0.1, 0.15) is 24.0 Å². The molecule has 0 fully saturated rings. The predicted octanol–water partition coefficient (Wildman–Crippen LogP) is 1.82. The second-order valence-electron chi connectivity index (χ2n) is 3.65. The Morgan fingerprint density at radius 3 is 2.64 bits per heavy atom. The summed E-state index contributed by atoms with van der Waals surface area (Å²) in [6.45, 7) is 4.46. The molecule has 14 heavy (non-hydrogen) atoms. The molecular weight excluding hydrogens is 180 g/mol. The molecule has 0 aromatic heterocycles.